The van der Waals surface area contributed by atoms with Crippen LogP contribution in [0.4, 0.5) is 4.79 Å². The van der Waals surface area contributed by atoms with Crippen molar-refractivity contribution in [2.75, 3.05) is 13.7 Å². The molecule has 4 rings (SSSR count). The monoisotopic (exact) mass is 384 g/mol. The van der Waals surface area contributed by atoms with E-state index in [-0.39, 0.29) is 19.2 Å². The van der Waals surface area contributed by atoms with Gasteiger partial charge in [-0.3, -0.25) is 4.90 Å². The Hall–Kier alpha value is -3.36. The van der Waals surface area contributed by atoms with Gasteiger partial charge in [0.25, 0.3) is 0 Å². The Morgan fingerprint density at radius 1 is 1.32 bits per heavy atom. The molecule has 0 fully saturated rings. The second kappa shape index (κ2) is 7.34. The van der Waals surface area contributed by atoms with Crippen molar-refractivity contribution >= 4 is 12.0 Å². The molecule has 2 aliphatic rings. The molecule has 2 amide bonds. The summed E-state index contributed by atoms with van der Waals surface area (Å²) in [5.74, 6) is 1.01. The number of methoxy groups -OCH3 is 1. The average Bonchev–Trinajstić information content (AvgIpc) is 3.31. The molecule has 0 spiro atoms. The molecule has 9 nitrogen and oxygen atoms in total. The number of para-hydroxylation sites is 1. The van der Waals surface area contributed by atoms with E-state index < -0.39 is 12.0 Å². The van der Waals surface area contributed by atoms with E-state index in [1.54, 1.807) is 13.2 Å². The van der Waals surface area contributed by atoms with Crippen LogP contribution in [0.25, 0.3) is 0 Å². The highest BCUT2D eigenvalue weighted by Crippen LogP contribution is 2.38. The minimum Gasteiger partial charge on any atom is -0.496 e. The molecule has 1 atom stereocenters. The number of urea groups is 1. The highest BCUT2D eigenvalue weighted by Gasteiger charge is 2.43. The molecule has 2 aliphatic heterocycles. The number of nitrogens with one attached hydrogen (secondary N) is 1. The van der Waals surface area contributed by atoms with Gasteiger partial charge in [-0.2, -0.15) is 4.98 Å². The Morgan fingerprint density at radius 2 is 2.14 bits per heavy atom. The van der Waals surface area contributed by atoms with Crippen molar-refractivity contribution < 1.29 is 23.6 Å². The number of amides is 2. The van der Waals surface area contributed by atoms with Gasteiger partial charge < -0.3 is 19.3 Å². The van der Waals surface area contributed by atoms with Crippen LogP contribution >= 0.6 is 0 Å². The van der Waals surface area contributed by atoms with Crippen LogP contribution in [0.2, 0.25) is 0 Å². The number of hydrogen-bond donors (Lipinski definition) is 1. The number of carbonyl (C=O) groups excluding carboxylic acids is 2. The number of benzene rings is 1. The van der Waals surface area contributed by atoms with Crippen LogP contribution in [-0.2, 0) is 22.5 Å². The van der Waals surface area contributed by atoms with E-state index in [2.05, 4.69) is 15.5 Å². The normalized spacial score (nSPS) is 18.8. The first-order valence-electron chi connectivity index (χ1n) is 9.05. The van der Waals surface area contributed by atoms with E-state index in [0.29, 0.717) is 40.7 Å². The van der Waals surface area contributed by atoms with Gasteiger partial charge in [0.1, 0.15) is 18.9 Å². The second-order valence-electron chi connectivity index (χ2n) is 6.50. The molecule has 1 N–H and O–H groups in total. The fraction of sp³-hybridized carbons (Fsp3) is 0.368. The summed E-state index contributed by atoms with van der Waals surface area (Å²) in [5, 5.41) is 6.78. The Morgan fingerprint density at radius 3 is 2.93 bits per heavy atom. The maximum atomic E-state index is 12.8. The van der Waals surface area contributed by atoms with E-state index in [4.69, 9.17) is 14.0 Å². The van der Waals surface area contributed by atoms with E-state index >= 15 is 0 Å². The minimum atomic E-state index is -0.650. The first-order chi connectivity index (χ1) is 13.6. The maximum Gasteiger partial charge on any atom is 0.338 e. The molecule has 0 unspecified atom stereocenters. The SMILES string of the molecule is CCCc1noc(CN2C(=O)N[C@@H](c3ccccc3OC)C3=C2COC3=O)n1. The first-order valence-corrected chi connectivity index (χ1v) is 9.05. The third-order valence-electron chi connectivity index (χ3n) is 4.73. The fourth-order valence-corrected chi connectivity index (χ4v) is 3.43. The van der Waals surface area contributed by atoms with E-state index in [0.717, 1.165) is 6.42 Å². The number of cyclic esters (lactones) is 1. The molecule has 0 bridgehead atoms. The standard InChI is InChI=1S/C19H20N4O5/c1-3-6-14-20-15(28-22-14)9-23-12-10-27-18(24)16(12)17(21-19(23)25)11-7-4-5-8-13(11)26-2/h4-5,7-8,17H,3,6,9-10H2,1-2H3,(H,21,25)/t17-/m0/s1. The van der Waals surface area contributed by atoms with Crippen molar-refractivity contribution in [2.45, 2.75) is 32.4 Å². The van der Waals surface area contributed by atoms with Gasteiger partial charge in [-0.05, 0) is 12.5 Å². The third kappa shape index (κ3) is 3.08. The maximum absolute atomic E-state index is 12.8. The Balaban J connectivity index is 1.69. The molecular formula is C19H20N4O5. The Labute approximate surface area is 161 Å². The van der Waals surface area contributed by atoms with E-state index in [1.807, 2.05) is 25.1 Å². The van der Waals surface area contributed by atoms with Crippen LogP contribution in [-0.4, -0.2) is 40.8 Å². The van der Waals surface area contributed by atoms with Gasteiger partial charge in [0.15, 0.2) is 5.82 Å². The van der Waals surface area contributed by atoms with Gasteiger partial charge >= 0.3 is 12.0 Å². The van der Waals surface area contributed by atoms with Crippen molar-refractivity contribution in [1.82, 2.24) is 20.4 Å². The molecule has 1 aromatic heterocycles. The van der Waals surface area contributed by atoms with Gasteiger partial charge in [0.2, 0.25) is 5.89 Å². The van der Waals surface area contributed by atoms with Crippen LogP contribution in [0.1, 0.15) is 36.7 Å². The molecule has 146 valence electrons. The summed E-state index contributed by atoms with van der Waals surface area (Å²) in [6.45, 7) is 2.10. The molecule has 3 heterocycles. The zero-order chi connectivity index (χ0) is 19.7. The summed E-state index contributed by atoms with van der Waals surface area (Å²) in [5.41, 5.74) is 1.57. The minimum absolute atomic E-state index is 0.0171. The molecule has 1 aromatic carbocycles. The lowest BCUT2D eigenvalue weighted by molar-refractivity contribution is -0.136. The van der Waals surface area contributed by atoms with Gasteiger partial charge in [0, 0.05) is 12.0 Å². The first kappa shape index (κ1) is 18.0. The summed E-state index contributed by atoms with van der Waals surface area (Å²) in [6, 6.07) is 6.22. The number of aromatic nitrogens is 2. The third-order valence-corrected chi connectivity index (χ3v) is 4.73. The van der Waals surface area contributed by atoms with Crippen LogP contribution in [0.5, 0.6) is 5.75 Å². The lowest BCUT2D eigenvalue weighted by Crippen LogP contribution is -2.47. The largest absolute Gasteiger partial charge is 0.496 e. The summed E-state index contributed by atoms with van der Waals surface area (Å²) >= 11 is 0. The van der Waals surface area contributed by atoms with Crippen molar-refractivity contribution in [3.8, 4) is 5.75 Å². The van der Waals surface area contributed by atoms with Crippen molar-refractivity contribution in [3.63, 3.8) is 0 Å². The van der Waals surface area contributed by atoms with Gasteiger partial charge in [-0.15, -0.1) is 0 Å². The summed E-state index contributed by atoms with van der Waals surface area (Å²) in [6.07, 6.45) is 1.59. The molecule has 0 saturated heterocycles. The summed E-state index contributed by atoms with van der Waals surface area (Å²) < 4.78 is 15.9. The number of ether oxygens (including phenoxy) is 2. The van der Waals surface area contributed by atoms with Gasteiger partial charge in [-0.25, -0.2) is 9.59 Å². The van der Waals surface area contributed by atoms with E-state index in [1.165, 1.54) is 4.90 Å². The fourth-order valence-electron chi connectivity index (χ4n) is 3.43. The summed E-state index contributed by atoms with van der Waals surface area (Å²) in [7, 11) is 1.54. The van der Waals surface area contributed by atoms with Gasteiger partial charge in [-0.1, -0.05) is 30.3 Å². The number of nitrogens with zero attached hydrogens (tertiary/aromatic N) is 3. The van der Waals surface area contributed by atoms with Crippen LogP contribution in [0.3, 0.4) is 0 Å². The van der Waals surface area contributed by atoms with Gasteiger partial charge in [0.05, 0.1) is 24.4 Å². The van der Waals surface area contributed by atoms with Crippen LogP contribution in [0.15, 0.2) is 40.1 Å². The molecule has 0 radical (unpaired) electrons. The molecular weight excluding hydrogens is 364 g/mol. The highest BCUT2D eigenvalue weighted by molar-refractivity contribution is 5.97. The van der Waals surface area contributed by atoms with Crippen molar-refractivity contribution in [2.24, 2.45) is 0 Å². The predicted octanol–water partition coefficient (Wildman–Crippen LogP) is 2.11. The average molecular weight is 384 g/mol. The molecule has 9 heteroatoms. The topological polar surface area (TPSA) is 107 Å². The second-order valence-corrected chi connectivity index (χ2v) is 6.50. The zero-order valence-corrected chi connectivity index (χ0v) is 15.6. The molecule has 0 saturated carbocycles. The summed E-state index contributed by atoms with van der Waals surface area (Å²) in [4.78, 5) is 31.0. The van der Waals surface area contributed by atoms with Crippen LogP contribution < -0.4 is 10.1 Å². The predicted molar refractivity (Wildman–Crippen MR) is 96.1 cm³/mol. The van der Waals surface area contributed by atoms with E-state index in [9.17, 15) is 9.59 Å². The van der Waals surface area contributed by atoms with Crippen LogP contribution in [0, 0.1) is 0 Å². The molecule has 2 aromatic rings. The number of esters is 1. The van der Waals surface area contributed by atoms with Crippen molar-refractivity contribution in [3.05, 3.63) is 52.8 Å². The molecule has 28 heavy (non-hydrogen) atoms. The number of rotatable bonds is 6. The number of carbonyl (C=O) groups is 2. The Bertz CT molecular complexity index is 951. The zero-order valence-electron chi connectivity index (χ0n) is 15.6. The lowest BCUT2D eigenvalue weighted by atomic mass is 9.95. The van der Waals surface area contributed by atoms with Crippen molar-refractivity contribution in [1.29, 1.82) is 0 Å². The molecule has 0 aliphatic carbocycles. The number of aryl methyl sites for hydroxylation is 1. The number of hydrogen-bond acceptors (Lipinski definition) is 7. The smallest absolute Gasteiger partial charge is 0.338 e. The lowest BCUT2D eigenvalue weighted by Gasteiger charge is -2.32. The Kier molecular flexibility index (Phi) is 4.72. The highest BCUT2D eigenvalue weighted by atomic mass is 16.5. The quantitative estimate of drug-likeness (QED) is 0.760.